The van der Waals surface area contributed by atoms with Crippen LogP contribution >= 0.6 is 0 Å². The molecule has 0 amide bonds. The predicted molar refractivity (Wildman–Crippen MR) is 48.1 cm³/mol. The molecular weight excluding hydrogens is 168 g/mol. The summed E-state index contributed by atoms with van der Waals surface area (Å²) in [6, 6.07) is 0. The summed E-state index contributed by atoms with van der Waals surface area (Å²) in [5.41, 5.74) is 0. The molecule has 2 aliphatic heterocycles. The third kappa shape index (κ3) is 1.77. The molecule has 3 nitrogen and oxygen atoms in total. The number of hydrogen-bond acceptors (Lipinski definition) is 3. The molecule has 2 aliphatic rings. The second-order valence-corrected chi connectivity index (χ2v) is 3.98. The van der Waals surface area contributed by atoms with Crippen molar-refractivity contribution in [1.82, 2.24) is 0 Å². The van der Waals surface area contributed by atoms with Crippen molar-refractivity contribution in [3.05, 3.63) is 12.2 Å². The average molecular weight is 184 g/mol. The average Bonchev–Trinajstić information content (AvgIpc) is 2.41. The Morgan fingerprint density at radius 2 is 2.08 bits per heavy atom. The van der Waals surface area contributed by atoms with Crippen LogP contribution in [0.2, 0.25) is 0 Å². The van der Waals surface area contributed by atoms with Crippen molar-refractivity contribution in [2.24, 2.45) is 0 Å². The van der Waals surface area contributed by atoms with Crippen LogP contribution in [-0.2, 0) is 14.2 Å². The third-order valence-corrected chi connectivity index (χ3v) is 2.32. The van der Waals surface area contributed by atoms with Gasteiger partial charge in [0, 0.05) is 6.42 Å². The van der Waals surface area contributed by atoms with Crippen LogP contribution < -0.4 is 0 Å². The number of hydrogen-bond donors (Lipinski definition) is 0. The predicted octanol–water partition coefficient (Wildman–Crippen LogP) is 1.83. The van der Waals surface area contributed by atoms with Gasteiger partial charge in [-0.3, -0.25) is 0 Å². The maximum absolute atomic E-state index is 5.67. The molecule has 2 rings (SSSR count). The van der Waals surface area contributed by atoms with Crippen LogP contribution in [0.5, 0.6) is 0 Å². The minimum atomic E-state index is -0.476. The summed E-state index contributed by atoms with van der Waals surface area (Å²) in [6.45, 7) is 5.82. The van der Waals surface area contributed by atoms with E-state index in [0.717, 1.165) is 6.42 Å². The Morgan fingerprint density at radius 3 is 2.69 bits per heavy atom. The van der Waals surface area contributed by atoms with Gasteiger partial charge in [0.25, 0.3) is 0 Å². The van der Waals surface area contributed by atoms with Crippen LogP contribution in [-0.4, -0.2) is 24.3 Å². The van der Waals surface area contributed by atoms with Gasteiger partial charge in [-0.05, 0) is 20.8 Å². The van der Waals surface area contributed by atoms with E-state index in [-0.39, 0.29) is 18.5 Å². The molecule has 0 unspecified atom stereocenters. The van der Waals surface area contributed by atoms with E-state index in [4.69, 9.17) is 14.2 Å². The van der Waals surface area contributed by atoms with E-state index in [1.807, 2.05) is 32.9 Å². The van der Waals surface area contributed by atoms with Gasteiger partial charge in [-0.15, -0.1) is 0 Å². The van der Waals surface area contributed by atoms with E-state index >= 15 is 0 Å². The smallest absolute Gasteiger partial charge is 0.187 e. The molecule has 0 bridgehead atoms. The largest absolute Gasteiger partial charge is 0.342 e. The monoisotopic (exact) mass is 184 g/mol. The highest BCUT2D eigenvalue weighted by atomic mass is 16.8. The molecule has 0 aromatic heterocycles. The summed E-state index contributed by atoms with van der Waals surface area (Å²) in [5, 5.41) is 0. The summed E-state index contributed by atoms with van der Waals surface area (Å²) < 4.78 is 16.9. The van der Waals surface area contributed by atoms with E-state index in [9.17, 15) is 0 Å². The number of rotatable bonds is 1. The molecule has 0 aromatic rings. The first kappa shape index (κ1) is 9.19. The number of ether oxygens (including phenoxy) is 3. The van der Waals surface area contributed by atoms with Crippen LogP contribution in [0, 0.1) is 0 Å². The zero-order chi connectivity index (χ0) is 9.47. The Morgan fingerprint density at radius 1 is 1.31 bits per heavy atom. The van der Waals surface area contributed by atoms with Crippen LogP contribution in [0.1, 0.15) is 27.2 Å². The van der Waals surface area contributed by atoms with Gasteiger partial charge in [0.05, 0.1) is 6.10 Å². The van der Waals surface area contributed by atoms with E-state index in [2.05, 4.69) is 0 Å². The minimum absolute atomic E-state index is 0.108. The Balaban J connectivity index is 1.97. The van der Waals surface area contributed by atoms with Crippen LogP contribution in [0.15, 0.2) is 12.2 Å². The molecule has 2 heterocycles. The van der Waals surface area contributed by atoms with Gasteiger partial charge in [0.15, 0.2) is 12.1 Å². The highest BCUT2D eigenvalue weighted by molar-refractivity contribution is 4.95. The number of allylic oxidation sites excluding steroid dienone is 1. The molecule has 0 aromatic carbocycles. The Bertz CT molecular complexity index is 206. The van der Waals surface area contributed by atoms with Crippen molar-refractivity contribution in [1.29, 1.82) is 0 Å². The molecule has 2 fully saturated rings. The minimum Gasteiger partial charge on any atom is -0.342 e. The highest BCUT2D eigenvalue weighted by Gasteiger charge is 2.47. The molecule has 0 radical (unpaired) electrons. The molecule has 0 spiro atoms. The van der Waals surface area contributed by atoms with E-state index in [1.54, 1.807) is 0 Å². The first-order valence-corrected chi connectivity index (χ1v) is 4.74. The SMILES string of the molecule is C/C=C/[C@H]1C[C@H]2OC(C)(C)O[C@H]2O1. The topological polar surface area (TPSA) is 27.7 Å². The highest BCUT2D eigenvalue weighted by Crippen LogP contribution is 2.37. The van der Waals surface area contributed by atoms with Gasteiger partial charge in [-0.25, -0.2) is 0 Å². The summed E-state index contributed by atoms with van der Waals surface area (Å²) in [7, 11) is 0. The van der Waals surface area contributed by atoms with Crippen molar-refractivity contribution in [3.8, 4) is 0 Å². The van der Waals surface area contributed by atoms with Crippen molar-refractivity contribution in [3.63, 3.8) is 0 Å². The summed E-state index contributed by atoms with van der Waals surface area (Å²) in [6.07, 6.45) is 5.04. The molecule has 13 heavy (non-hydrogen) atoms. The van der Waals surface area contributed by atoms with Crippen LogP contribution in [0.3, 0.4) is 0 Å². The lowest BCUT2D eigenvalue weighted by atomic mass is 10.2. The third-order valence-electron chi connectivity index (χ3n) is 2.32. The molecule has 74 valence electrons. The van der Waals surface area contributed by atoms with E-state index in [1.165, 1.54) is 0 Å². The maximum Gasteiger partial charge on any atom is 0.187 e. The standard InChI is InChI=1S/C10H16O3/c1-4-5-7-6-8-9(11-7)13-10(2,3)12-8/h4-5,7-9H,6H2,1-3H3/b5-4+/t7-,8+,9+/m0/s1. The molecule has 0 N–H and O–H groups in total. The fourth-order valence-corrected chi connectivity index (χ4v) is 1.87. The number of fused-ring (bicyclic) bond motifs is 1. The van der Waals surface area contributed by atoms with Gasteiger partial charge >= 0.3 is 0 Å². The lowest BCUT2D eigenvalue weighted by Gasteiger charge is -2.19. The zero-order valence-electron chi connectivity index (χ0n) is 8.32. The van der Waals surface area contributed by atoms with E-state index < -0.39 is 5.79 Å². The molecule has 0 aliphatic carbocycles. The Labute approximate surface area is 78.7 Å². The quantitative estimate of drug-likeness (QED) is 0.582. The fraction of sp³-hybridized carbons (Fsp3) is 0.800. The first-order chi connectivity index (χ1) is 6.11. The van der Waals surface area contributed by atoms with Crippen molar-refractivity contribution in [2.45, 2.75) is 51.5 Å². The van der Waals surface area contributed by atoms with Gasteiger partial charge in [-0.2, -0.15) is 0 Å². The molecule has 3 atom stereocenters. The van der Waals surface area contributed by atoms with E-state index in [0.29, 0.717) is 0 Å². The second-order valence-electron chi connectivity index (χ2n) is 3.98. The summed E-state index contributed by atoms with van der Waals surface area (Å²) in [5.74, 6) is -0.476. The normalized spacial score (nSPS) is 42.8. The molecule has 0 saturated carbocycles. The lowest BCUT2D eigenvalue weighted by molar-refractivity contribution is -0.200. The van der Waals surface area contributed by atoms with Gasteiger partial charge in [-0.1, -0.05) is 12.2 Å². The van der Waals surface area contributed by atoms with Gasteiger partial charge in [0.2, 0.25) is 0 Å². The maximum atomic E-state index is 5.67. The Hall–Kier alpha value is -0.380. The van der Waals surface area contributed by atoms with Crippen molar-refractivity contribution < 1.29 is 14.2 Å². The fourth-order valence-electron chi connectivity index (χ4n) is 1.87. The van der Waals surface area contributed by atoms with Gasteiger partial charge in [0.1, 0.15) is 6.10 Å². The Kier molecular flexibility index (Phi) is 2.18. The van der Waals surface area contributed by atoms with Crippen LogP contribution in [0.25, 0.3) is 0 Å². The molecular formula is C10H16O3. The lowest BCUT2D eigenvalue weighted by Crippen LogP contribution is -2.24. The molecule has 2 saturated heterocycles. The first-order valence-electron chi connectivity index (χ1n) is 4.74. The second kappa shape index (κ2) is 3.08. The van der Waals surface area contributed by atoms with Crippen molar-refractivity contribution in [2.75, 3.05) is 0 Å². The van der Waals surface area contributed by atoms with Gasteiger partial charge < -0.3 is 14.2 Å². The summed E-state index contributed by atoms with van der Waals surface area (Å²) >= 11 is 0. The summed E-state index contributed by atoms with van der Waals surface area (Å²) in [4.78, 5) is 0. The molecule has 3 heteroatoms. The van der Waals surface area contributed by atoms with Crippen LogP contribution in [0.4, 0.5) is 0 Å². The zero-order valence-corrected chi connectivity index (χ0v) is 8.32. The van der Waals surface area contributed by atoms with Crippen molar-refractivity contribution >= 4 is 0 Å².